The monoisotopic (exact) mass is 748 g/mol. The van der Waals surface area contributed by atoms with Crippen LogP contribution >= 0.6 is 0 Å². The van der Waals surface area contributed by atoms with E-state index in [0.717, 1.165) is 24.3 Å². The van der Waals surface area contributed by atoms with Crippen molar-refractivity contribution in [3.63, 3.8) is 0 Å². The Morgan fingerprint density at radius 2 is 0.804 bits per heavy atom. The van der Waals surface area contributed by atoms with E-state index in [0.29, 0.717) is 0 Å². The number of hydrogen-bond acceptors (Lipinski definition) is 14. The van der Waals surface area contributed by atoms with Crippen LogP contribution in [0.4, 0.5) is 34.1 Å². The summed E-state index contributed by atoms with van der Waals surface area (Å²) in [6.45, 7) is 0. The van der Waals surface area contributed by atoms with Gasteiger partial charge in [-0.05, 0) is 84.9 Å². The first kappa shape index (κ1) is 34.9. The van der Waals surface area contributed by atoms with Gasteiger partial charge in [0.2, 0.25) is 9.84 Å². The number of anilines is 2. The lowest BCUT2D eigenvalue weighted by Crippen LogP contribution is -2.01. The predicted molar refractivity (Wildman–Crippen MR) is 186 cm³/mol. The number of nitrogens with zero attached hydrogens (tertiary/aromatic N) is 4. The lowest BCUT2D eigenvalue weighted by Gasteiger charge is -2.09. The van der Waals surface area contributed by atoms with Crippen LogP contribution in [0.5, 0.6) is 11.5 Å². The number of fused-ring (bicyclic) bond motifs is 2. The van der Waals surface area contributed by atoms with Gasteiger partial charge in [0.15, 0.2) is 0 Å². The minimum absolute atomic E-state index is 0.0701. The molecule has 0 spiro atoms. The summed E-state index contributed by atoms with van der Waals surface area (Å²) in [4.78, 5) is -1.29. The molecule has 16 nitrogen and oxygen atoms in total. The highest BCUT2D eigenvalue weighted by molar-refractivity contribution is 7.91. The second-order valence-corrected chi connectivity index (χ2v) is 15.7. The Morgan fingerprint density at radius 3 is 1.14 bits per heavy atom. The van der Waals surface area contributed by atoms with E-state index < -0.39 is 51.4 Å². The van der Waals surface area contributed by atoms with Crippen LogP contribution in [0, 0.1) is 0 Å². The Balaban J connectivity index is 1.24. The third-order valence-corrected chi connectivity index (χ3v) is 11.0. The number of sulfone groups is 1. The van der Waals surface area contributed by atoms with E-state index in [1.807, 2.05) is 0 Å². The molecule has 0 aliphatic heterocycles. The van der Waals surface area contributed by atoms with E-state index in [1.54, 1.807) is 0 Å². The maximum Gasteiger partial charge on any atom is 0.294 e. The average molecular weight is 749 g/mol. The zero-order chi connectivity index (χ0) is 36.9. The second-order valence-electron chi connectivity index (χ2n) is 10.9. The lowest BCUT2D eigenvalue weighted by molar-refractivity contribution is 0.470. The molecule has 0 heterocycles. The maximum absolute atomic E-state index is 13.3. The number of nitrogen functional groups attached to an aromatic ring is 2. The molecule has 6 aromatic rings. The molecule has 0 saturated heterocycles. The molecule has 0 saturated carbocycles. The zero-order valence-corrected chi connectivity index (χ0v) is 28.1. The minimum Gasteiger partial charge on any atom is -0.507 e. The molecule has 0 fully saturated rings. The van der Waals surface area contributed by atoms with E-state index in [2.05, 4.69) is 20.5 Å². The van der Waals surface area contributed by atoms with E-state index in [-0.39, 0.29) is 65.5 Å². The van der Waals surface area contributed by atoms with Gasteiger partial charge < -0.3 is 21.7 Å². The number of nitrogens with two attached hydrogens (primary N) is 2. The zero-order valence-electron chi connectivity index (χ0n) is 25.6. The van der Waals surface area contributed by atoms with Crippen molar-refractivity contribution in [2.45, 2.75) is 19.6 Å². The van der Waals surface area contributed by atoms with Crippen LogP contribution in [0.15, 0.2) is 137 Å². The summed E-state index contributed by atoms with van der Waals surface area (Å²) in [5.41, 5.74) is 12.8. The molecule has 0 aliphatic rings. The fraction of sp³-hybridized carbons (Fsp3) is 0. The second kappa shape index (κ2) is 12.7. The first-order valence-corrected chi connectivity index (χ1v) is 18.6. The van der Waals surface area contributed by atoms with Crippen LogP contribution in [0.3, 0.4) is 0 Å². The normalized spacial score (nSPS) is 12.7. The summed E-state index contributed by atoms with van der Waals surface area (Å²) in [5.74, 6) is -0.984. The van der Waals surface area contributed by atoms with Crippen LogP contribution in [0.25, 0.3) is 21.5 Å². The molecule has 0 aliphatic carbocycles. The van der Waals surface area contributed by atoms with Gasteiger partial charge in [0.05, 0.1) is 42.3 Å². The third kappa shape index (κ3) is 6.91. The Bertz CT molecular complexity index is 2600. The molecule has 6 rings (SSSR count). The number of azo groups is 2. The molecule has 0 atom stereocenters. The predicted octanol–water partition coefficient (Wildman–Crippen LogP) is 6.73. The van der Waals surface area contributed by atoms with Gasteiger partial charge in [0.1, 0.15) is 11.5 Å². The number of hydrogen-bond donors (Lipinski definition) is 6. The summed E-state index contributed by atoms with van der Waals surface area (Å²) < 4.78 is 92.3. The maximum atomic E-state index is 13.3. The number of benzene rings is 6. The Labute approximate surface area is 289 Å². The molecule has 6 aromatic carbocycles. The summed E-state index contributed by atoms with van der Waals surface area (Å²) in [6.07, 6.45) is 0. The van der Waals surface area contributed by atoms with Crippen molar-refractivity contribution in [3.05, 3.63) is 97.1 Å². The van der Waals surface area contributed by atoms with Gasteiger partial charge in [0.25, 0.3) is 20.2 Å². The number of phenols is 2. The van der Waals surface area contributed by atoms with Crippen molar-refractivity contribution in [2.75, 3.05) is 11.5 Å². The minimum atomic E-state index is -4.66. The molecule has 0 bridgehead atoms. The first-order valence-electron chi connectivity index (χ1n) is 14.3. The van der Waals surface area contributed by atoms with Crippen molar-refractivity contribution in [1.82, 2.24) is 0 Å². The molecule has 19 heteroatoms. The van der Waals surface area contributed by atoms with Gasteiger partial charge in [-0.1, -0.05) is 0 Å². The fourth-order valence-electron chi connectivity index (χ4n) is 5.11. The number of phenolic OH excluding ortho intramolecular Hbond substituents is 2. The van der Waals surface area contributed by atoms with Gasteiger partial charge in [-0.3, -0.25) is 9.11 Å². The third-order valence-electron chi connectivity index (χ3n) is 7.59. The Hall–Kier alpha value is -5.99. The standard InChI is InChI=1S/C32H24N6O10S3/c33-25-9-11-27(23-13-21(50(43,44)45)15-29(39)31(23)25)37-35-17-1-5-19(6-2-17)49(41,42)20-7-3-18(4-8-20)36-38-28-12-10-26(34)32-24(28)14-22(16-30(32)40)51(46,47)48/h1-16,39-40H,33-34H2,(H,43,44,45)(H,46,47,48). The molecule has 8 N–H and O–H groups in total. The molecule has 51 heavy (non-hydrogen) atoms. The highest BCUT2D eigenvalue weighted by Gasteiger charge is 2.20. The Kier molecular flexibility index (Phi) is 8.69. The quantitative estimate of drug-likeness (QED) is 0.0537. The Morgan fingerprint density at radius 1 is 0.451 bits per heavy atom. The van der Waals surface area contributed by atoms with Crippen LogP contribution in [0.1, 0.15) is 0 Å². The molecule has 260 valence electrons. The summed E-state index contributed by atoms with van der Waals surface area (Å²) in [6, 6.07) is 20.4. The van der Waals surface area contributed by atoms with Crippen LogP contribution in [-0.2, 0) is 30.1 Å². The van der Waals surface area contributed by atoms with Crippen molar-refractivity contribution in [1.29, 1.82) is 0 Å². The van der Waals surface area contributed by atoms with E-state index in [1.165, 1.54) is 72.8 Å². The van der Waals surface area contributed by atoms with Gasteiger partial charge in [-0.25, -0.2) is 8.42 Å². The van der Waals surface area contributed by atoms with Crippen LogP contribution in [-0.4, -0.2) is 44.6 Å². The summed E-state index contributed by atoms with van der Waals surface area (Å²) in [7, 11) is -13.3. The van der Waals surface area contributed by atoms with E-state index in [9.17, 15) is 44.6 Å². The van der Waals surface area contributed by atoms with Crippen molar-refractivity contribution in [3.8, 4) is 11.5 Å². The van der Waals surface area contributed by atoms with Gasteiger partial charge in [-0.15, -0.1) is 10.2 Å². The smallest absolute Gasteiger partial charge is 0.294 e. The van der Waals surface area contributed by atoms with E-state index in [4.69, 9.17) is 11.5 Å². The largest absolute Gasteiger partial charge is 0.507 e. The summed E-state index contributed by atoms with van der Waals surface area (Å²) in [5, 5.41) is 37.5. The van der Waals surface area contributed by atoms with Crippen molar-refractivity contribution in [2.24, 2.45) is 20.5 Å². The number of aromatic hydroxyl groups is 2. The fourth-order valence-corrected chi connectivity index (χ4v) is 7.43. The van der Waals surface area contributed by atoms with Crippen molar-refractivity contribution < 1.29 is 44.6 Å². The number of rotatable bonds is 8. The van der Waals surface area contributed by atoms with Crippen LogP contribution < -0.4 is 11.5 Å². The highest BCUT2D eigenvalue weighted by Crippen LogP contribution is 2.40. The van der Waals surface area contributed by atoms with Gasteiger partial charge in [0, 0.05) is 45.1 Å². The first-order chi connectivity index (χ1) is 23.9. The highest BCUT2D eigenvalue weighted by atomic mass is 32.2. The molecule has 0 amide bonds. The molecule has 0 unspecified atom stereocenters. The lowest BCUT2D eigenvalue weighted by atomic mass is 10.1. The topological polar surface area (TPSA) is 285 Å². The molecule has 0 aromatic heterocycles. The molecule has 0 radical (unpaired) electrons. The van der Waals surface area contributed by atoms with Gasteiger partial charge in [-0.2, -0.15) is 27.1 Å². The van der Waals surface area contributed by atoms with Crippen LogP contribution in [0.2, 0.25) is 0 Å². The van der Waals surface area contributed by atoms with Crippen molar-refractivity contribution >= 4 is 85.7 Å². The van der Waals surface area contributed by atoms with Gasteiger partial charge >= 0.3 is 0 Å². The SMILES string of the molecule is Nc1ccc(N=Nc2ccc(S(=O)(=O)c3ccc(N=Nc4ccc(N)c5c(O)cc(S(=O)(=O)O)cc45)cc3)cc2)c2cc(S(=O)(=O)O)cc(O)c12. The summed E-state index contributed by atoms with van der Waals surface area (Å²) >= 11 is 0. The molecular formula is C32H24N6O10S3. The average Bonchev–Trinajstić information content (AvgIpc) is 3.07. The van der Waals surface area contributed by atoms with E-state index >= 15 is 0 Å². The molecular weight excluding hydrogens is 725 g/mol.